The topological polar surface area (TPSA) is 12.4 Å². The molecule has 0 N–H and O–H groups in total. The van der Waals surface area contributed by atoms with Gasteiger partial charge < -0.3 is 0 Å². The van der Waals surface area contributed by atoms with Gasteiger partial charge in [-0.2, -0.15) is 5.82 Å². The lowest BCUT2D eigenvalue weighted by atomic mass is 9.83. The van der Waals surface area contributed by atoms with Crippen molar-refractivity contribution in [3.8, 4) is 11.7 Å². The Morgan fingerprint density at radius 1 is 1.40 bits per heavy atom. The van der Waals surface area contributed by atoms with E-state index in [4.69, 9.17) is 0 Å². The van der Waals surface area contributed by atoms with Gasteiger partial charge in [0, 0.05) is 18.0 Å². The van der Waals surface area contributed by atoms with Crippen LogP contribution >= 0.6 is 0 Å². The Morgan fingerprint density at radius 2 is 2.07 bits per heavy atom. The summed E-state index contributed by atoms with van der Waals surface area (Å²) in [6.45, 7) is 10.4. The highest BCUT2D eigenvalue weighted by Crippen LogP contribution is 2.15. The van der Waals surface area contributed by atoms with Crippen LogP contribution in [-0.2, 0) is 0 Å². The molecule has 0 heterocycles. The number of rotatable bonds is 3. The maximum absolute atomic E-state index is 4.07. The molecule has 0 amide bonds. The normalized spacial score (nSPS) is 12.9. The van der Waals surface area contributed by atoms with Gasteiger partial charge in [0.1, 0.15) is 0 Å². The molecule has 0 aromatic heterocycles. The average molecular weight is 201 g/mol. The smallest absolute Gasteiger partial charge is 0.210 e. The van der Waals surface area contributed by atoms with Gasteiger partial charge in [-0.1, -0.05) is 26.6 Å². The van der Waals surface area contributed by atoms with Gasteiger partial charge in [0.15, 0.2) is 0 Å². The van der Waals surface area contributed by atoms with Gasteiger partial charge in [0.2, 0.25) is 7.28 Å². The molecule has 0 aromatic carbocycles. The number of nitrogens with zero attached hydrogens (tertiary/aromatic N) is 1. The first kappa shape index (κ1) is 13.8. The van der Waals surface area contributed by atoms with Gasteiger partial charge in [-0.15, -0.1) is 0 Å². The van der Waals surface area contributed by atoms with Gasteiger partial charge in [0.05, 0.1) is 0 Å². The molecule has 0 bridgehead atoms. The van der Waals surface area contributed by atoms with Crippen molar-refractivity contribution in [2.75, 3.05) is 0 Å². The summed E-state index contributed by atoms with van der Waals surface area (Å²) >= 11 is 0. The predicted molar refractivity (Wildman–Crippen MR) is 71.6 cm³/mol. The zero-order valence-corrected chi connectivity index (χ0v) is 10.5. The lowest BCUT2D eigenvalue weighted by Crippen LogP contribution is -1.94. The van der Waals surface area contributed by atoms with Gasteiger partial charge in [-0.3, -0.25) is 4.99 Å². The van der Waals surface area contributed by atoms with Crippen molar-refractivity contribution in [1.29, 1.82) is 0 Å². The summed E-state index contributed by atoms with van der Waals surface area (Å²) in [5, 5.41) is 0. The molecule has 0 radical (unpaired) electrons. The summed E-state index contributed by atoms with van der Waals surface area (Å²) in [5.74, 6) is 6.75. The van der Waals surface area contributed by atoms with Crippen LogP contribution in [0.4, 0.5) is 0 Å². The van der Waals surface area contributed by atoms with Crippen molar-refractivity contribution < 1.29 is 0 Å². The minimum absolute atomic E-state index is 0.486. The molecule has 80 valence electrons. The van der Waals surface area contributed by atoms with Crippen LogP contribution in [-0.4, -0.2) is 13.5 Å². The van der Waals surface area contributed by atoms with Crippen LogP contribution < -0.4 is 0 Å². The van der Waals surface area contributed by atoms with Gasteiger partial charge >= 0.3 is 0 Å². The summed E-state index contributed by atoms with van der Waals surface area (Å²) in [6.07, 6.45) is 5.65. The molecule has 0 saturated carbocycles. The minimum Gasteiger partial charge on any atom is -0.269 e. The number of aliphatic imine (C=N–C) groups is 1. The van der Waals surface area contributed by atoms with Crippen molar-refractivity contribution in [2.45, 2.75) is 34.5 Å². The average Bonchev–Trinajstić information content (AvgIpc) is 2.20. The summed E-state index contributed by atoms with van der Waals surface area (Å²) in [5.41, 5.74) is 2.41. The van der Waals surface area contributed by atoms with E-state index in [1.807, 2.05) is 19.2 Å². The Balaban J connectivity index is 4.93. The lowest BCUT2D eigenvalue weighted by molar-refractivity contribution is 0.784. The standard InChI is InChI=1S/C13H20BN/c1-6-15-10-8-13(11(2)3)12(4)7-9-14-5/h6,8,10-11,14H,1-5H3/b10-8-,13-12-,15-6-. The molecule has 1 nitrogen and oxygen atoms in total. The third-order valence-corrected chi connectivity index (χ3v) is 2.00. The van der Waals surface area contributed by atoms with Crippen LogP contribution in [0.3, 0.4) is 0 Å². The quantitative estimate of drug-likeness (QED) is 0.288. The fourth-order valence-electron chi connectivity index (χ4n) is 1.25. The van der Waals surface area contributed by atoms with E-state index in [-0.39, 0.29) is 0 Å². The third kappa shape index (κ3) is 5.96. The highest BCUT2D eigenvalue weighted by molar-refractivity contribution is 6.44. The molecule has 15 heavy (non-hydrogen) atoms. The maximum Gasteiger partial charge on any atom is 0.210 e. The molecule has 2 heteroatoms. The first-order valence-corrected chi connectivity index (χ1v) is 5.47. The zero-order valence-electron chi connectivity index (χ0n) is 10.5. The molecule has 0 rings (SSSR count). The van der Waals surface area contributed by atoms with E-state index in [9.17, 15) is 0 Å². The monoisotopic (exact) mass is 201 g/mol. The Labute approximate surface area is 94.6 Å². The number of hydrogen-bond donors (Lipinski definition) is 0. The van der Waals surface area contributed by atoms with E-state index in [0.717, 1.165) is 12.9 Å². The third-order valence-electron chi connectivity index (χ3n) is 2.00. The Morgan fingerprint density at radius 3 is 2.53 bits per heavy atom. The molecular formula is C13H20BN. The first-order valence-electron chi connectivity index (χ1n) is 5.47. The second kappa shape index (κ2) is 8.11. The minimum atomic E-state index is 0.486. The van der Waals surface area contributed by atoms with E-state index < -0.39 is 0 Å². The highest BCUT2D eigenvalue weighted by Gasteiger charge is 2.01. The summed E-state index contributed by atoms with van der Waals surface area (Å²) in [4.78, 5) is 4.07. The van der Waals surface area contributed by atoms with Crippen molar-refractivity contribution in [3.63, 3.8) is 0 Å². The molecule has 0 spiro atoms. The Hall–Kier alpha value is -1.23. The molecule has 0 unspecified atom stereocenters. The SMILES string of the molecule is CBC#C/C(C)=C(/C=C\N=C/C)C(C)C. The van der Waals surface area contributed by atoms with E-state index in [1.54, 1.807) is 6.21 Å². The number of hydrogen-bond acceptors (Lipinski definition) is 1. The van der Waals surface area contributed by atoms with Crippen LogP contribution in [0.15, 0.2) is 28.4 Å². The molecule has 0 aliphatic carbocycles. The lowest BCUT2D eigenvalue weighted by Gasteiger charge is -2.07. The van der Waals surface area contributed by atoms with Crippen LogP contribution in [0, 0.1) is 17.7 Å². The van der Waals surface area contributed by atoms with Crippen LogP contribution in [0.5, 0.6) is 0 Å². The molecule has 0 fully saturated rings. The van der Waals surface area contributed by atoms with E-state index in [1.165, 1.54) is 5.57 Å². The van der Waals surface area contributed by atoms with E-state index in [2.05, 4.69) is 44.3 Å². The predicted octanol–water partition coefficient (Wildman–Crippen LogP) is 3.01. The van der Waals surface area contributed by atoms with Crippen molar-refractivity contribution in [1.82, 2.24) is 0 Å². The Kier molecular flexibility index (Phi) is 7.45. The van der Waals surface area contributed by atoms with Crippen LogP contribution in [0.2, 0.25) is 6.82 Å². The summed E-state index contributed by atoms with van der Waals surface area (Å²) in [7, 11) is 0.902. The molecule has 0 atom stereocenters. The van der Waals surface area contributed by atoms with Gasteiger partial charge in [0.25, 0.3) is 0 Å². The molecule has 0 aliphatic rings. The summed E-state index contributed by atoms with van der Waals surface area (Å²) in [6, 6.07) is 0. The van der Waals surface area contributed by atoms with Crippen molar-refractivity contribution >= 4 is 13.5 Å². The van der Waals surface area contributed by atoms with Crippen LogP contribution in [0.1, 0.15) is 27.7 Å². The van der Waals surface area contributed by atoms with Gasteiger partial charge in [-0.05, 0) is 31.4 Å². The fourth-order valence-corrected chi connectivity index (χ4v) is 1.25. The first-order chi connectivity index (χ1) is 7.13. The molecule has 0 saturated heterocycles. The highest BCUT2D eigenvalue weighted by atomic mass is 14.6. The molecular weight excluding hydrogens is 181 g/mol. The second-order valence-corrected chi connectivity index (χ2v) is 3.61. The largest absolute Gasteiger partial charge is 0.269 e. The second-order valence-electron chi connectivity index (χ2n) is 3.61. The molecule has 0 aromatic rings. The fraction of sp³-hybridized carbons (Fsp3) is 0.462. The van der Waals surface area contributed by atoms with E-state index >= 15 is 0 Å². The molecule has 0 aliphatic heterocycles. The summed E-state index contributed by atoms with van der Waals surface area (Å²) < 4.78 is 0. The van der Waals surface area contributed by atoms with Crippen molar-refractivity contribution in [2.24, 2.45) is 10.9 Å². The van der Waals surface area contributed by atoms with Crippen molar-refractivity contribution in [3.05, 3.63) is 23.4 Å². The van der Waals surface area contributed by atoms with E-state index in [0.29, 0.717) is 5.92 Å². The zero-order chi connectivity index (χ0) is 11.7. The van der Waals surface area contributed by atoms with Gasteiger partial charge in [-0.25, -0.2) is 0 Å². The number of allylic oxidation sites excluding steroid dienone is 3. The Bertz CT molecular complexity index is 324. The van der Waals surface area contributed by atoms with Crippen LogP contribution in [0.25, 0.3) is 0 Å². The maximum atomic E-state index is 4.07.